The van der Waals surface area contributed by atoms with Gasteiger partial charge in [-0.3, -0.25) is 0 Å². The molecule has 0 bridgehead atoms. The van der Waals surface area contributed by atoms with Crippen LogP contribution in [0.1, 0.15) is 53.4 Å². The molecular weight excluding hydrogens is 214 g/mol. The number of carbonyl (C=O) groups excluding carboxylic acids is 1. The fourth-order valence-corrected chi connectivity index (χ4v) is 2.14. The predicted molar refractivity (Wildman–Crippen MR) is 71.7 cm³/mol. The van der Waals surface area contributed by atoms with Gasteiger partial charge in [-0.05, 0) is 32.1 Å². The lowest BCUT2D eigenvalue weighted by molar-refractivity contribution is -0.139. The molecule has 0 rings (SSSR count). The highest BCUT2D eigenvalue weighted by molar-refractivity contribution is 5.86. The van der Waals surface area contributed by atoms with Gasteiger partial charge in [0.1, 0.15) is 0 Å². The van der Waals surface area contributed by atoms with Gasteiger partial charge in [-0.1, -0.05) is 33.8 Å². The van der Waals surface area contributed by atoms with Crippen LogP contribution >= 0.6 is 0 Å². The van der Waals surface area contributed by atoms with Crippen molar-refractivity contribution >= 4 is 5.97 Å². The van der Waals surface area contributed by atoms with E-state index in [1.165, 1.54) is 0 Å². The molecule has 0 aliphatic carbocycles. The molecule has 2 N–H and O–H groups in total. The Balaban J connectivity index is 4.24. The van der Waals surface area contributed by atoms with Gasteiger partial charge in [0.25, 0.3) is 0 Å². The first-order chi connectivity index (χ1) is 7.91. The highest BCUT2D eigenvalue weighted by Crippen LogP contribution is 2.28. The number of nitrogens with two attached hydrogens (primary N) is 1. The average Bonchev–Trinajstić information content (AvgIpc) is 2.33. The quantitative estimate of drug-likeness (QED) is 0.525. The van der Waals surface area contributed by atoms with Crippen molar-refractivity contribution in [2.24, 2.45) is 11.7 Å². The van der Waals surface area contributed by atoms with Gasteiger partial charge in [0.05, 0.1) is 6.61 Å². The van der Waals surface area contributed by atoms with Crippen molar-refractivity contribution in [3.8, 4) is 0 Å². The van der Waals surface area contributed by atoms with Crippen molar-refractivity contribution < 1.29 is 9.53 Å². The minimum Gasteiger partial charge on any atom is -0.462 e. The van der Waals surface area contributed by atoms with Crippen LogP contribution in [0.5, 0.6) is 0 Å². The summed E-state index contributed by atoms with van der Waals surface area (Å²) in [4.78, 5) is 11.2. The fourth-order valence-electron chi connectivity index (χ4n) is 2.14. The van der Waals surface area contributed by atoms with Gasteiger partial charge >= 0.3 is 5.97 Å². The third kappa shape index (κ3) is 4.90. The van der Waals surface area contributed by atoms with E-state index < -0.39 is 0 Å². The highest BCUT2D eigenvalue weighted by Gasteiger charge is 2.29. The summed E-state index contributed by atoms with van der Waals surface area (Å²) in [6.45, 7) is 12.0. The largest absolute Gasteiger partial charge is 0.462 e. The maximum Gasteiger partial charge on any atom is 0.333 e. The Morgan fingerprint density at radius 2 is 1.88 bits per heavy atom. The van der Waals surface area contributed by atoms with E-state index >= 15 is 0 Å². The molecular formula is C14H27NO2. The molecule has 0 aromatic carbocycles. The van der Waals surface area contributed by atoms with Gasteiger partial charge in [-0.25, -0.2) is 4.79 Å². The monoisotopic (exact) mass is 241 g/mol. The van der Waals surface area contributed by atoms with Crippen LogP contribution in [0.3, 0.4) is 0 Å². The molecule has 0 saturated carbocycles. The van der Waals surface area contributed by atoms with Crippen LogP contribution in [0.25, 0.3) is 0 Å². The van der Waals surface area contributed by atoms with Crippen molar-refractivity contribution in [3.05, 3.63) is 12.2 Å². The van der Waals surface area contributed by atoms with Crippen LogP contribution in [0.15, 0.2) is 12.2 Å². The number of rotatable bonds is 8. The smallest absolute Gasteiger partial charge is 0.333 e. The van der Waals surface area contributed by atoms with Crippen molar-refractivity contribution in [3.63, 3.8) is 0 Å². The molecule has 0 radical (unpaired) electrons. The van der Waals surface area contributed by atoms with Crippen LogP contribution in [-0.2, 0) is 9.53 Å². The summed E-state index contributed by atoms with van der Waals surface area (Å²) in [6.07, 6.45) is 3.75. The summed E-state index contributed by atoms with van der Waals surface area (Å²) >= 11 is 0. The van der Waals surface area contributed by atoms with E-state index in [4.69, 9.17) is 10.5 Å². The lowest BCUT2D eigenvalue weighted by Gasteiger charge is -2.35. The SMILES string of the molecule is C=C(C)C(=O)OCCC(CC)C(N)(CC)CC. The van der Waals surface area contributed by atoms with Crippen molar-refractivity contribution in [2.45, 2.75) is 58.9 Å². The Morgan fingerprint density at radius 1 is 1.35 bits per heavy atom. The van der Waals surface area contributed by atoms with Gasteiger partial charge in [0.2, 0.25) is 0 Å². The number of esters is 1. The van der Waals surface area contributed by atoms with Crippen LogP contribution in [-0.4, -0.2) is 18.1 Å². The molecule has 0 saturated heterocycles. The Labute approximate surface area is 105 Å². The Kier molecular flexibility index (Phi) is 7.12. The molecule has 17 heavy (non-hydrogen) atoms. The first-order valence-electron chi connectivity index (χ1n) is 6.52. The molecule has 0 aliphatic heterocycles. The topological polar surface area (TPSA) is 52.3 Å². The molecule has 100 valence electrons. The first kappa shape index (κ1) is 16.2. The van der Waals surface area contributed by atoms with Crippen LogP contribution in [0.2, 0.25) is 0 Å². The summed E-state index contributed by atoms with van der Waals surface area (Å²) in [5.41, 5.74) is 6.68. The molecule has 0 fully saturated rings. The molecule has 0 aliphatic rings. The lowest BCUT2D eigenvalue weighted by atomic mass is 9.77. The molecule has 0 spiro atoms. The van der Waals surface area contributed by atoms with Gasteiger partial charge < -0.3 is 10.5 Å². The third-order valence-electron chi connectivity index (χ3n) is 3.67. The molecule has 0 aromatic rings. The second kappa shape index (κ2) is 7.49. The molecule has 3 heteroatoms. The normalized spacial score (nSPS) is 13.2. The molecule has 3 nitrogen and oxygen atoms in total. The summed E-state index contributed by atoms with van der Waals surface area (Å²) in [5.74, 6) is 0.0888. The molecule has 0 heterocycles. The summed E-state index contributed by atoms with van der Waals surface area (Å²) < 4.78 is 5.13. The second-order valence-corrected chi connectivity index (χ2v) is 4.75. The van der Waals surface area contributed by atoms with E-state index in [0.717, 1.165) is 25.7 Å². The Hall–Kier alpha value is -0.830. The van der Waals surface area contributed by atoms with Crippen molar-refractivity contribution in [1.29, 1.82) is 0 Å². The predicted octanol–water partition coefficient (Wildman–Crippen LogP) is 3.04. The van der Waals surface area contributed by atoms with Crippen LogP contribution in [0.4, 0.5) is 0 Å². The van der Waals surface area contributed by atoms with Gasteiger partial charge in [0.15, 0.2) is 0 Å². The van der Waals surface area contributed by atoms with Crippen LogP contribution in [0, 0.1) is 5.92 Å². The van der Waals surface area contributed by atoms with Crippen molar-refractivity contribution in [1.82, 2.24) is 0 Å². The van der Waals surface area contributed by atoms with E-state index in [1.54, 1.807) is 6.92 Å². The third-order valence-corrected chi connectivity index (χ3v) is 3.67. The number of hydrogen-bond donors (Lipinski definition) is 1. The second-order valence-electron chi connectivity index (χ2n) is 4.75. The van der Waals surface area contributed by atoms with E-state index in [1.807, 2.05) is 0 Å². The number of ether oxygens (including phenoxy) is 1. The standard InChI is InChI=1S/C14H27NO2/c1-6-12(14(15,7-2)8-3)9-10-17-13(16)11(4)5/h12H,4,6-10,15H2,1-3,5H3. The Morgan fingerprint density at radius 3 is 2.24 bits per heavy atom. The zero-order chi connectivity index (χ0) is 13.5. The maximum absolute atomic E-state index is 11.2. The summed E-state index contributed by atoms with van der Waals surface area (Å²) in [5, 5.41) is 0. The zero-order valence-electron chi connectivity index (χ0n) is 11.7. The van der Waals surface area contributed by atoms with Crippen molar-refractivity contribution in [2.75, 3.05) is 6.61 Å². The summed E-state index contributed by atoms with van der Waals surface area (Å²) in [7, 11) is 0. The van der Waals surface area contributed by atoms with E-state index in [0.29, 0.717) is 18.1 Å². The molecule has 0 amide bonds. The van der Waals surface area contributed by atoms with Crippen LogP contribution < -0.4 is 5.73 Å². The Bertz CT molecular complexity index is 257. The number of hydrogen-bond acceptors (Lipinski definition) is 3. The molecule has 1 unspecified atom stereocenters. The van der Waals surface area contributed by atoms with E-state index in [-0.39, 0.29) is 11.5 Å². The lowest BCUT2D eigenvalue weighted by Crippen LogP contribution is -2.46. The maximum atomic E-state index is 11.2. The van der Waals surface area contributed by atoms with Gasteiger partial charge in [0, 0.05) is 11.1 Å². The molecule has 0 aromatic heterocycles. The number of carbonyl (C=O) groups is 1. The van der Waals surface area contributed by atoms with E-state index in [9.17, 15) is 4.79 Å². The fraction of sp³-hybridized carbons (Fsp3) is 0.786. The van der Waals surface area contributed by atoms with E-state index in [2.05, 4.69) is 27.4 Å². The minimum absolute atomic E-state index is 0.135. The van der Waals surface area contributed by atoms with Gasteiger partial charge in [-0.2, -0.15) is 0 Å². The zero-order valence-corrected chi connectivity index (χ0v) is 11.7. The summed E-state index contributed by atoms with van der Waals surface area (Å²) in [6, 6.07) is 0. The molecule has 1 atom stereocenters. The van der Waals surface area contributed by atoms with Gasteiger partial charge in [-0.15, -0.1) is 0 Å². The average molecular weight is 241 g/mol. The minimum atomic E-state index is -0.310. The highest BCUT2D eigenvalue weighted by atomic mass is 16.5. The first-order valence-corrected chi connectivity index (χ1v) is 6.52.